The zero-order valence-corrected chi connectivity index (χ0v) is 9.70. The molecule has 0 radical (unpaired) electrons. The fourth-order valence-corrected chi connectivity index (χ4v) is 1.99. The maximum atomic E-state index is 13.1. The molecule has 0 aliphatic carbocycles. The molecule has 3 nitrogen and oxygen atoms in total. The number of benzene rings is 1. The van der Waals surface area contributed by atoms with Gasteiger partial charge in [0.05, 0.1) is 0 Å². The Morgan fingerprint density at radius 2 is 2.12 bits per heavy atom. The Labute approximate surface area is 94.5 Å². The summed E-state index contributed by atoms with van der Waals surface area (Å²) in [5.41, 5.74) is -0.699. The number of aliphatic carboxylic acids is 1. The molecule has 1 unspecified atom stereocenters. The normalized spacial score (nSPS) is 14.8. The van der Waals surface area contributed by atoms with Crippen molar-refractivity contribution in [2.24, 2.45) is 0 Å². The molecular weight excluding hydrogens is 209 g/mol. The first kappa shape index (κ1) is 12.6. The minimum absolute atomic E-state index is 0.374. The van der Waals surface area contributed by atoms with E-state index in [-0.39, 0.29) is 0 Å². The largest absolute Gasteiger partial charge is 0.480 e. The Morgan fingerprint density at radius 3 is 2.50 bits per heavy atom. The van der Waals surface area contributed by atoms with Crippen LogP contribution in [0.25, 0.3) is 0 Å². The van der Waals surface area contributed by atoms with E-state index in [2.05, 4.69) is 0 Å². The molecule has 0 bridgehead atoms. The van der Waals surface area contributed by atoms with Crippen LogP contribution < -0.4 is 0 Å². The van der Waals surface area contributed by atoms with Crippen LogP contribution in [0.4, 0.5) is 4.39 Å². The van der Waals surface area contributed by atoms with Crippen LogP contribution in [0.3, 0.4) is 0 Å². The molecule has 1 N–H and O–H groups in total. The maximum Gasteiger partial charge on any atom is 0.328 e. The van der Waals surface area contributed by atoms with Gasteiger partial charge in [-0.05, 0) is 38.2 Å². The number of rotatable bonds is 4. The maximum absolute atomic E-state index is 13.1. The van der Waals surface area contributed by atoms with Gasteiger partial charge < -0.3 is 5.11 Å². The van der Waals surface area contributed by atoms with Crippen LogP contribution in [0.15, 0.2) is 24.3 Å². The van der Waals surface area contributed by atoms with Gasteiger partial charge in [-0.1, -0.05) is 19.1 Å². The first-order valence-corrected chi connectivity index (χ1v) is 5.12. The number of carboxylic acid groups (broad SMARTS) is 1. The molecule has 1 aromatic rings. The van der Waals surface area contributed by atoms with Gasteiger partial charge in [0.15, 0.2) is 0 Å². The second-order valence-corrected chi connectivity index (χ2v) is 3.92. The van der Waals surface area contributed by atoms with Crippen molar-refractivity contribution in [3.8, 4) is 0 Å². The molecule has 88 valence electrons. The lowest BCUT2D eigenvalue weighted by atomic mass is 9.86. The van der Waals surface area contributed by atoms with E-state index >= 15 is 0 Å². The molecule has 0 saturated carbocycles. The van der Waals surface area contributed by atoms with Crippen LogP contribution >= 0.6 is 0 Å². The van der Waals surface area contributed by atoms with Gasteiger partial charge in [0.1, 0.15) is 11.4 Å². The molecule has 0 spiro atoms. The molecule has 0 saturated heterocycles. The van der Waals surface area contributed by atoms with Crippen molar-refractivity contribution >= 4 is 5.97 Å². The summed E-state index contributed by atoms with van der Waals surface area (Å²) < 4.78 is 13.1. The van der Waals surface area contributed by atoms with Crippen LogP contribution in [0.5, 0.6) is 0 Å². The van der Waals surface area contributed by atoms with Crippen LogP contribution in [0.2, 0.25) is 0 Å². The summed E-state index contributed by atoms with van der Waals surface area (Å²) in [6, 6.07) is 5.75. The average Bonchev–Trinajstić information content (AvgIpc) is 2.18. The zero-order chi connectivity index (χ0) is 12.3. The van der Waals surface area contributed by atoms with Crippen molar-refractivity contribution in [1.82, 2.24) is 4.90 Å². The van der Waals surface area contributed by atoms with Gasteiger partial charge in [0.2, 0.25) is 0 Å². The molecule has 4 heteroatoms. The minimum Gasteiger partial charge on any atom is -0.480 e. The van der Waals surface area contributed by atoms with Crippen molar-refractivity contribution in [3.63, 3.8) is 0 Å². The third-order valence-electron chi connectivity index (χ3n) is 2.93. The smallest absolute Gasteiger partial charge is 0.328 e. The quantitative estimate of drug-likeness (QED) is 0.852. The third-order valence-corrected chi connectivity index (χ3v) is 2.93. The van der Waals surface area contributed by atoms with Crippen LogP contribution in [0, 0.1) is 5.82 Å². The lowest BCUT2D eigenvalue weighted by Gasteiger charge is -2.35. The van der Waals surface area contributed by atoms with Gasteiger partial charge in [0.25, 0.3) is 0 Å². The first-order valence-electron chi connectivity index (χ1n) is 5.12. The van der Waals surface area contributed by atoms with Crippen LogP contribution in [-0.2, 0) is 10.3 Å². The Morgan fingerprint density at radius 1 is 1.50 bits per heavy atom. The van der Waals surface area contributed by atoms with E-state index < -0.39 is 17.3 Å². The monoisotopic (exact) mass is 225 g/mol. The lowest BCUT2D eigenvalue weighted by Crippen LogP contribution is -2.47. The van der Waals surface area contributed by atoms with Crippen LogP contribution in [0.1, 0.15) is 18.9 Å². The molecule has 1 atom stereocenters. The number of hydrogen-bond acceptors (Lipinski definition) is 2. The molecular formula is C12H16FNO2. The number of carboxylic acids is 1. The standard InChI is InChI=1S/C12H16FNO2/c1-4-12(11(15)16,14(2)3)9-6-5-7-10(13)8-9/h5-8H,4H2,1-3H3,(H,15,16). The molecule has 0 aromatic heterocycles. The Bertz CT molecular complexity index is 392. The second kappa shape index (κ2) is 4.61. The fourth-order valence-electron chi connectivity index (χ4n) is 1.99. The summed E-state index contributed by atoms with van der Waals surface area (Å²) in [5, 5.41) is 9.37. The van der Waals surface area contributed by atoms with E-state index in [0.717, 1.165) is 0 Å². The summed E-state index contributed by atoms with van der Waals surface area (Å²) in [7, 11) is 3.37. The van der Waals surface area contributed by atoms with Crippen molar-refractivity contribution in [2.45, 2.75) is 18.9 Å². The zero-order valence-electron chi connectivity index (χ0n) is 9.70. The summed E-state index contributed by atoms with van der Waals surface area (Å²) in [6.07, 6.45) is 0.374. The van der Waals surface area contributed by atoms with Crippen molar-refractivity contribution < 1.29 is 14.3 Å². The number of hydrogen-bond donors (Lipinski definition) is 1. The first-order chi connectivity index (χ1) is 7.45. The Kier molecular flexibility index (Phi) is 3.65. The molecule has 0 aliphatic heterocycles. The molecule has 0 heterocycles. The van der Waals surface area contributed by atoms with E-state index in [1.807, 2.05) is 0 Å². The molecule has 0 aliphatic rings. The summed E-state index contributed by atoms with van der Waals surface area (Å²) in [6.45, 7) is 1.78. The highest BCUT2D eigenvalue weighted by molar-refractivity contribution is 5.80. The molecule has 0 amide bonds. The molecule has 1 rings (SSSR count). The lowest BCUT2D eigenvalue weighted by molar-refractivity contribution is -0.151. The van der Waals surface area contributed by atoms with Gasteiger partial charge in [0, 0.05) is 0 Å². The number of nitrogens with zero attached hydrogens (tertiary/aromatic N) is 1. The number of likely N-dealkylation sites (N-methyl/N-ethyl adjacent to an activating group) is 1. The summed E-state index contributed by atoms with van der Waals surface area (Å²) >= 11 is 0. The highest BCUT2D eigenvalue weighted by atomic mass is 19.1. The molecule has 0 fully saturated rings. The summed E-state index contributed by atoms with van der Waals surface area (Å²) in [4.78, 5) is 13.0. The van der Waals surface area contributed by atoms with Gasteiger partial charge in [-0.25, -0.2) is 9.18 Å². The predicted octanol–water partition coefficient (Wildman–Crippen LogP) is 2.08. The van der Waals surface area contributed by atoms with Gasteiger partial charge >= 0.3 is 5.97 Å². The van der Waals surface area contributed by atoms with E-state index in [1.54, 1.807) is 32.0 Å². The van der Waals surface area contributed by atoms with Crippen molar-refractivity contribution in [2.75, 3.05) is 14.1 Å². The van der Waals surface area contributed by atoms with Gasteiger partial charge in [-0.3, -0.25) is 4.90 Å². The van der Waals surface area contributed by atoms with E-state index in [9.17, 15) is 14.3 Å². The second-order valence-electron chi connectivity index (χ2n) is 3.92. The van der Waals surface area contributed by atoms with Crippen molar-refractivity contribution in [1.29, 1.82) is 0 Å². The average molecular weight is 225 g/mol. The number of carbonyl (C=O) groups is 1. The van der Waals surface area contributed by atoms with E-state index in [1.165, 1.54) is 18.2 Å². The summed E-state index contributed by atoms with van der Waals surface area (Å²) in [5.74, 6) is -1.39. The fraction of sp³-hybridized carbons (Fsp3) is 0.417. The third kappa shape index (κ3) is 1.93. The van der Waals surface area contributed by atoms with Crippen molar-refractivity contribution in [3.05, 3.63) is 35.6 Å². The highest BCUT2D eigenvalue weighted by Gasteiger charge is 2.41. The van der Waals surface area contributed by atoms with Gasteiger partial charge in [-0.2, -0.15) is 0 Å². The predicted molar refractivity (Wildman–Crippen MR) is 59.7 cm³/mol. The highest BCUT2D eigenvalue weighted by Crippen LogP contribution is 2.30. The molecule has 16 heavy (non-hydrogen) atoms. The van der Waals surface area contributed by atoms with E-state index in [4.69, 9.17) is 0 Å². The Balaban J connectivity index is 3.36. The SMILES string of the molecule is CCC(C(=O)O)(c1cccc(F)c1)N(C)C. The minimum atomic E-state index is -1.16. The van der Waals surface area contributed by atoms with E-state index in [0.29, 0.717) is 12.0 Å². The Hall–Kier alpha value is -1.42. The molecule has 1 aromatic carbocycles. The topological polar surface area (TPSA) is 40.5 Å². The van der Waals surface area contributed by atoms with Crippen LogP contribution in [-0.4, -0.2) is 30.1 Å². The van der Waals surface area contributed by atoms with Gasteiger partial charge in [-0.15, -0.1) is 0 Å². The number of halogens is 1.